The molecular weight excluding hydrogens is 444 g/mol. The molecule has 3 aliphatic carbocycles. The molecule has 5 atom stereocenters. The Labute approximate surface area is 186 Å². The number of benzene rings is 1. The van der Waals surface area contributed by atoms with Crippen molar-refractivity contribution in [1.82, 2.24) is 4.90 Å². The molecule has 1 aromatic carbocycles. The van der Waals surface area contributed by atoms with Crippen LogP contribution < -0.4 is 5.73 Å². The molecular formula is C21H21ClN2O8. The summed E-state index contributed by atoms with van der Waals surface area (Å²) >= 11 is 6.19. The number of nitrogens with zero attached hydrogens (tertiary/aromatic N) is 1. The highest BCUT2D eigenvalue weighted by Crippen LogP contribution is 2.56. The molecule has 0 aromatic heterocycles. The molecule has 3 aliphatic rings. The minimum atomic E-state index is -2.77. The predicted octanol–water partition coefficient (Wildman–Crippen LogP) is 0.108. The molecule has 11 heteroatoms. The van der Waals surface area contributed by atoms with Gasteiger partial charge in [-0.05, 0) is 32.6 Å². The largest absolute Gasteiger partial charge is 0.508 e. The van der Waals surface area contributed by atoms with Gasteiger partial charge in [0.1, 0.15) is 22.8 Å². The number of fused-ring (bicyclic) bond motifs is 3. The molecule has 1 aromatic rings. The van der Waals surface area contributed by atoms with E-state index in [1.54, 1.807) is 0 Å². The summed E-state index contributed by atoms with van der Waals surface area (Å²) in [5.41, 5.74) is 0.845. The lowest BCUT2D eigenvalue weighted by Crippen LogP contribution is -2.66. The van der Waals surface area contributed by atoms with Crippen LogP contribution in [0.1, 0.15) is 23.7 Å². The van der Waals surface area contributed by atoms with Crippen LogP contribution in [0.4, 0.5) is 0 Å². The SMILES string of the molecule is CN(C)[C@@H]1C(=O)C(C(N)=O)=C(O)[C@@]2(O)C(=O)C3=C(O)c4c(O)ccc(Cl)c4[C@@H](O)[C@H]3C[C@H]12. The normalized spacial score (nSPS) is 32.1. The van der Waals surface area contributed by atoms with Crippen LogP contribution in [0.15, 0.2) is 29.0 Å². The molecule has 10 nitrogen and oxygen atoms in total. The Balaban J connectivity index is 2.03. The Kier molecular flexibility index (Phi) is 4.90. The number of rotatable bonds is 2. The molecule has 0 unspecified atom stereocenters. The average Bonchev–Trinajstić information content (AvgIpc) is 2.69. The van der Waals surface area contributed by atoms with Gasteiger partial charge in [0.05, 0.1) is 17.7 Å². The highest BCUT2D eigenvalue weighted by Gasteiger charge is 2.65. The second kappa shape index (κ2) is 7.04. The number of halogens is 1. The number of hydrogen-bond acceptors (Lipinski definition) is 9. The van der Waals surface area contributed by atoms with Crippen molar-refractivity contribution in [2.75, 3.05) is 14.1 Å². The van der Waals surface area contributed by atoms with E-state index in [1.165, 1.54) is 31.1 Å². The van der Waals surface area contributed by atoms with Crippen LogP contribution >= 0.6 is 11.6 Å². The zero-order valence-electron chi connectivity index (χ0n) is 17.0. The van der Waals surface area contributed by atoms with Gasteiger partial charge in [-0.25, -0.2) is 0 Å². The summed E-state index contributed by atoms with van der Waals surface area (Å²) in [6.45, 7) is 0. The minimum Gasteiger partial charge on any atom is -0.508 e. The topological polar surface area (TPSA) is 182 Å². The lowest BCUT2D eigenvalue weighted by Gasteiger charge is -2.51. The monoisotopic (exact) mass is 464 g/mol. The van der Waals surface area contributed by atoms with Crippen LogP contribution in [0, 0.1) is 11.8 Å². The summed E-state index contributed by atoms with van der Waals surface area (Å²) < 4.78 is 0. The number of likely N-dealkylation sites (N-methyl/N-ethyl adjacent to an activating group) is 1. The number of carbonyl (C=O) groups excluding carboxylic acids is 3. The van der Waals surface area contributed by atoms with E-state index in [1.807, 2.05) is 0 Å². The molecule has 0 spiro atoms. The summed E-state index contributed by atoms with van der Waals surface area (Å²) in [4.78, 5) is 39.8. The van der Waals surface area contributed by atoms with Gasteiger partial charge in [0.25, 0.3) is 5.91 Å². The number of Topliss-reactive ketones (excluding diaryl/α,β-unsaturated/α-hetero) is 2. The number of phenols is 1. The standard InChI is InChI=1S/C21H21ClN2O8/c1-24(2)14-7-5-6-10(16(27)12-9(25)4-3-8(22)11(12)15(6)26)18(29)21(7,32)19(30)13(17(14)28)20(23)31/h3-4,6-7,14-15,25-27,30,32H,5H2,1-2H3,(H2,23,31)/t6-,7+,14-,15-,21-/m0/s1. The second-order valence-electron chi connectivity index (χ2n) is 8.47. The number of phenolic OH excluding ortho intramolecular Hbond substituents is 1. The number of carbonyl (C=O) groups is 3. The van der Waals surface area contributed by atoms with E-state index in [4.69, 9.17) is 17.3 Å². The smallest absolute Gasteiger partial charge is 0.255 e. The van der Waals surface area contributed by atoms with Crippen molar-refractivity contribution in [2.45, 2.75) is 24.2 Å². The molecule has 7 N–H and O–H groups in total. The Morgan fingerprint density at radius 1 is 1.22 bits per heavy atom. The maximum atomic E-state index is 13.6. The first-order chi connectivity index (χ1) is 14.8. The van der Waals surface area contributed by atoms with Crippen molar-refractivity contribution in [3.8, 4) is 5.75 Å². The van der Waals surface area contributed by atoms with Gasteiger partial charge >= 0.3 is 0 Å². The number of ketones is 2. The van der Waals surface area contributed by atoms with E-state index in [-0.39, 0.29) is 22.6 Å². The molecule has 32 heavy (non-hydrogen) atoms. The summed E-state index contributed by atoms with van der Waals surface area (Å²) in [7, 11) is 2.97. The van der Waals surface area contributed by atoms with Crippen LogP contribution in [0.5, 0.6) is 5.75 Å². The van der Waals surface area contributed by atoms with Gasteiger partial charge in [0.2, 0.25) is 5.78 Å². The van der Waals surface area contributed by atoms with E-state index < -0.39 is 75.5 Å². The first-order valence-electron chi connectivity index (χ1n) is 9.69. The molecule has 4 rings (SSSR count). The lowest BCUT2D eigenvalue weighted by atomic mass is 9.57. The van der Waals surface area contributed by atoms with Gasteiger partial charge in [0.15, 0.2) is 11.4 Å². The number of aliphatic hydroxyl groups excluding tert-OH is 3. The Morgan fingerprint density at radius 3 is 2.41 bits per heavy atom. The maximum Gasteiger partial charge on any atom is 0.255 e. The van der Waals surface area contributed by atoms with Gasteiger partial charge in [-0.1, -0.05) is 11.6 Å². The van der Waals surface area contributed by atoms with Crippen LogP contribution in [0.3, 0.4) is 0 Å². The van der Waals surface area contributed by atoms with Crippen molar-refractivity contribution in [3.63, 3.8) is 0 Å². The number of hydrogen-bond donors (Lipinski definition) is 6. The van der Waals surface area contributed by atoms with Crippen molar-refractivity contribution in [1.29, 1.82) is 0 Å². The van der Waals surface area contributed by atoms with E-state index in [2.05, 4.69) is 0 Å². The average molecular weight is 465 g/mol. The van der Waals surface area contributed by atoms with Gasteiger partial charge in [-0.2, -0.15) is 0 Å². The lowest BCUT2D eigenvalue weighted by molar-refractivity contribution is -0.155. The Morgan fingerprint density at radius 2 is 1.84 bits per heavy atom. The van der Waals surface area contributed by atoms with Crippen molar-refractivity contribution < 1.29 is 39.9 Å². The number of nitrogens with two attached hydrogens (primary N) is 1. The summed E-state index contributed by atoms with van der Waals surface area (Å²) in [6, 6.07) is 1.25. The summed E-state index contributed by atoms with van der Waals surface area (Å²) in [6.07, 6.45) is -1.70. The molecule has 0 saturated heterocycles. The Hall–Kier alpha value is -2.92. The van der Waals surface area contributed by atoms with Crippen LogP contribution in [-0.2, 0) is 14.4 Å². The summed E-state index contributed by atoms with van der Waals surface area (Å²) in [5, 5.41) is 54.4. The van der Waals surface area contributed by atoms with Crippen LogP contribution in [0.25, 0.3) is 5.76 Å². The van der Waals surface area contributed by atoms with Gasteiger partial charge in [-0.3, -0.25) is 19.3 Å². The highest BCUT2D eigenvalue weighted by molar-refractivity contribution is 6.32. The van der Waals surface area contributed by atoms with E-state index in [0.717, 1.165) is 0 Å². The molecule has 1 fully saturated rings. The van der Waals surface area contributed by atoms with Crippen LogP contribution in [-0.4, -0.2) is 73.6 Å². The zero-order valence-corrected chi connectivity index (χ0v) is 17.8. The molecule has 1 amide bonds. The third-order valence-electron chi connectivity index (χ3n) is 6.64. The van der Waals surface area contributed by atoms with E-state index >= 15 is 0 Å². The predicted molar refractivity (Wildman–Crippen MR) is 111 cm³/mol. The molecule has 0 aliphatic heterocycles. The fourth-order valence-electron chi connectivity index (χ4n) is 5.24. The minimum absolute atomic E-state index is 0.00251. The fourth-order valence-corrected chi connectivity index (χ4v) is 5.51. The van der Waals surface area contributed by atoms with Crippen LogP contribution in [0.2, 0.25) is 5.02 Å². The van der Waals surface area contributed by atoms with Gasteiger partial charge in [0, 0.05) is 28.0 Å². The molecule has 0 bridgehead atoms. The molecule has 0 heterocycles. The van der Waals surface area contributed by atoms with Crippen molar-refractivity contribution in [3.05, 3.63) is 45.2 Å². The number of amides is 1. The van der Waals surface area contributed by atoms with Crippen molar-refractivity contribution in [2.24, 2.45) is 17.6 Å². The molecule has 170 valence electrons. The van der Waals surface area contributed by atoms with Gasteiger partial charge in [-0.15, -0.1) is 0 Å². The second-order valence-corrected chi connectivity index (χ2v) is 8.87. The first-order valence-corrected chi connectivity index (χ1v) is 10.1. The third kappa shape index (κ3) is 2.61. The maximum absolute atomic E-state index is 13.6. The highest BCUT2D eigenvalue weighted by atomic mass is 35.5. The summed E-state index contributed by atoms with van der Waals surface area (Å²) in [5.74, 6) is -8.19. The van der Waals surface area contributed by atoms with Crippen molar-refractivity contribution >= 4 is 34.8 Å². The zero-order chi connectivity index (χ0) is 23.9. The van der Waals surface area contributed by atoms with Gasteiger partial charge < -0.3 is 31.3 Å². The van der Waals surface area contributed by atoms with E-state index in [9.17, 15) is 39.9 Å². The first kappa shape index (κ1) is 22.3. The number of primary amides is 1. The molecule has 0 radical (unpaired) electrons. The Bertz CT molecular complexity index is 1160. The quantitative estimate of drug-likeness (QED) is 0.331. The van der Waals surface area contributed by atoms with E-state index in [0.29, 0.717) is 0 Å². The fraction of sp³-hybridized carbons (Fsp3) is 0.381. The number of aromatic hydroxyl groups is 1. The number of aliphatic hydroxyl groups is 4. The third-order valence-corrected chi connectivity index (χ3v) is 6.97. The molecule has 1 saturated carbocycles.